The van der Waals surface area contributed by atoms with Gasteiger partial charge in [0.15, 0.2) is 6.61 Å². The molecule has 12 heteroatoms. The number of halogens is 2. The SMILES string of the molecule is O=C(CN(c1ccc(Cl)cc1Cl)S(=O)(=O)c1ccccc1)N/N=C\c1ccc(OCC(=O)NC2CCCCC2)cc1. The van der Waals surface area contributed by atoms with Crippen molar-refractivity contribution in [3.8, 4) is 5.75 Å². The lowest BCUT2D eigenvalue weighted by atomic mass is 9.95. The van der Waals surface area contributed by atoms with Crippen LogP contribution in [0.5, 0.6) is 5.75 Å². The van der Waals surface area contributed by atoms with E-state index in [0.717, 1.165) is 30.0 Å². The van der Waals surface area contributed by atoms with Gasteiger partial charge in [-0.15, -0.1) is 0 Å². The molecule has 0 aromatic heterocycles. The molecule has 3 aromatic rings. The molecule has 2 amide bonds. The van der Waals surface area contributed by atoms with Gasteiger partial charge in [-0.05, 0) is 73.0 Å². The summed E-state index contributed by atoms with van der Waals surface area (Å²) in [6.07, 6.45) is 6.91. The molecule has 41 heavy (non-hydrogen) atoms. The van der Waals surface area contributed by atoms with E-state index in [0.29, 0.717) is 16.3 Å². The maximum atomic E-state index is 13.4. The van der Waals surface area contributed by atoms with E-state index in [9.17, 15) is 18.0 Å². The van der Waals surface area contributed by atoms with Crippen LogP contribution in [0.4, 0.5) is 5.69 Å². The lowest BCUT2D eigenvalue weighted by Crippen LogP contribution is -2.39. The number of rotatable bonds is 11. The van der Waals surface area contributed by atoms with Crippen molar-refractivity contribution in [2.45, 2.75) is 43.0 Å². The van der Waals surface area contributed by atoms with Gasteiger partial charge in [0, 0.05) is 11.1 Å². The number of benzene rings is 3. The predicted octanol–water partition coefficient (Wildman–Crippen LogP) is 5.17. The molecule has 3 aromatic carbocycles. The molecule has 1 aliphatic carbocycles. The predicted molar refractivity (Wildman–Crippen MR) is 160 cm³/mol. The Morgan fingerprint density at radius 2 is 1.66 bits per heavy atom. The highest BCUT2D eigenvalue weighted by molar-refractivity contribution is 7.92. The van der Waals surface area contributed by atoms with Crippen molar-refractivity contribution in [1.29, 1.82) is 0 Å². The van der Waals surface area contributed by atoms with Crippen molar-refractivity contribution in [1.82, 2.24) is 10.7 Å². The van der Waals surface area contributed by atoms with Gasteiger partial charge in [-0.3, -0.25) is 13.9 Å². The molecule has 1 aliphatic rings. The number of amides is 2. The quantitative estimate of drug-likeness (QED) is 0.228. The highest BCUT2D eigenvalue weighted by Gasteiger charge is 2.28. The standard InChI is InChI=1S/C29H30Cl2N4O5S/c30-22-13-16-27(26(31)17-22)35(41(38,39)25-9-5-2-6-10-25)19-28(36)34-32-18-21-11-14-24(15-12-21)40-20-29(37)33-23-7-3-1-4-8-23/h2,5-6,9-18,23H,1,3-4,7-8,19-20H2,(H,33,37)(H,34,36)/b32-18-. The highest BCUT2D eigenvalue weighted by Crippen LogP contribution is 2.32. The second-order valence-corrected chi connectivity index (χ2v) is 12.2. The molecule has 0 heterocycles. The van der Waals surface area contributed by atoms with Crippen molar-refractivity contribution < 1.29 is 22.7 Å². The Bertz CT molecular complexity index is 1480. The van der Waals surface area contributed by atoms with Crippen LogP contribution in [-0.2, 0) is 19.6 Å². The van der Waals surface area contributed by atoms with Gasteiger partial charge in [-0.1, -0.05) is 60.7 Å². The number of hydrogen-bond acceptors (Lipinski definition) is 6. The molecule has 0 bridgehead atoms. The van der Waals surface area contributed by atoms with E-state index in [1.807, 2.05) is 0 Å². The van der Waals surface area contributed by atoms with Gasteiger partial charge in [0.25, 0.3) is 21.8 Å². The third kappa shape index (κ3) is 8.69. The second kappa shape index (κ2) is 14.3. The topological polar surface area (TPSA) is 117 Å². The Balaban J connectivity index is 1.35. The lowest BCUT2D eigenvalue weighted by molar-refractivity contribution is -0.124. The van der Waals surface area contributed by atoms with Crippen LogP contribution in [0.3, 0.4) is 0 Å². The molecule has 0 aliphatic heterocycles. The number of nitrogens with one attached hydrogen (secondary N) is 2. The van der Waals surface area contributed by atoms with Crippen molar-refractivity contribution >= 4 is 56.9 Å². The average Bonchev–Trinajstić information content (AvgIpc) is 2.97. The van der Waals surface area contributed by atoms with Gasteiger partial charge < -0.3 is 10.1 Å². The number of carbonyl (C=O) groups is 2. The molecule has 0 spiro atoms. The summed E-state index contributed by atoms with van der Waals surface area (Å²) in [5, 5.41) is 7.35. The van der Waals surface area contributed by atoms with Gasteiger partial charge in [0.05, 0.1) is 21.8 Å². The van der Waals surface area contributed by atoms with Gasteiger partial charge >= 0.3 is 0 Å². The molecule has 0 atom stereocenters. The Labute approximate surface area is 249 Å². The fourth-order valence-corrected chi connectivity index (χ4v) is 6.38. The Kier molecular flexibility index (Phi) is 10.6. The van der Waals surface area contributed by atoms with Crippen LogP contribution in [0, 0.1) is 0 Å². The van der Waals surface area contributed by atoms with E-state index in [-0.39, 0.29) is 34.2 Å². The first-order valence-electron chi connectivity index (χ1n) is 13.1. The van der Waals surface area contributed by atoms with Crippen LogP contribution in [0.2, 0.25) is 10.0 Å². The zero-order chi connectivity index (χ0) is 29.2. The van der Waals surface area contributed by atoms with Gasteiger partial charge in [0.1, 0.15) is 12.3 Å². The summed E-state index contributed by atoms with van der Waals surface area (Å²) in [5.41, 5.74) is 3.10. The molecule has 0 unspecified atom stereocenters. The molecule has 0 saturated heterocycles. The third-order valence-electron chi connectivity index (χ3n) is 6.42. The van der Waals surface area contributed by atoms with Crippen molar-refractivity contribution in [3.63, 3.8) is 0 Å². The Morgan fingerprint density at radius 3 is 2.34 bits per heavy atom. The van der Waals surface area contributed by atoms with E-state index in [2.05, 4.69) is 15.8 Å². The molecule has 1 fully saturated rings. The van der Waals surface area contributed by atoms with Crippen LogP contribution in [0.25, 0.3) is 0 Å². The number of hydrogen-bond donors (Lipinski definition) is 2. The number of sulfonamides is 1. The first-order chi connectivity index (χ1) is 19.7. The first kappa shape index (κ1) is 30.4. The molecule has 1 saturated carbocycles. The van der Waals surface area contributed by atoms with E-state index in [1.165, 1.54) is 43.0 Å². The van der Waals surface area contributed by atoms with Gasteiger partial charge in [0.2, 0.25) is 0 Å². The normalized spacial score (nSPS) is 14.0. The molecule has 216 valence electrons. The van der Waals surface area contributed by atoms with E-state index in [4.69, 9.17) is 27.9 Å². The minimum atomic E-state index is -4.14. The minimum Gasteiger partial charge on any atom is -0.484 e. The Hall–Kier alpha value is -3.60. The number of carbonyl (C=O) groups excluding carboxylic acids is 2. The summed E-state index contributed by atoms with van der Waals surface area (Å²) in [6.45, 7) is -0.647. The Morgan fingerprint density at radius 1 is 0.951 bits per heavy atom. The van der Waals surface area contributed by atoms with Crippen LogP contribution in [0.15, 0.2) is 82.8 Å². The molecule has 4 rings (SSSR count). The summed E-state index contributed by atoms with van der Waals surface area (Å²) >= 11 is 12.3. The highest BCUT2D eigenvalue weighted by atomic mass is 35.5. The van der Waals surface area contributed by atoms with Gasteiger partial charge in [-0.25, -0.2) is 13.8 Å². The molecule has 0 radical (unpaired) electrons. The van der Waals surface area contributed by atoms with Crippen LogP contribution < -0.4 is 19.8 Å². The lowest BCUT2D eigenvalue weighted by Gasteiger charge is -2.24. The van der Waals surface area contributed by atoms with Crippen molar-refractivity contribution in [2.75, 3.05) is 17.5 Å². The van der Waals surface area contributed by atoms with E-state index in [1.54, 1.807) is 42.5 Å². The average molecular weight is 618 g/mol. The summed E-state index contributed by atoms with van der Waals surface area (Å²) in [5.74, 6) is -0.309. The zero-order valence-corrected chi connectivity index (χ0v) is 24.5. The number of ether oxygens (including phenoxy) is 1. The fourth-order valence-electron chi connectivity index (χ4n) is 4.36. The second-order valence-electron chi connectivity index (χ2n) is 9.47. The molecular weight excluding hydrogens is 587 g/mol. The monoisotopic (exact) mass is 616 g/mol. The molecule has 2 N–H and O–H groups in total. The van der Waals surface area contributed by atoms with Crippen molar-refractivity contribution in [2.24, 2.45) is 5.10 Å². The zero-order valence-electron chi connectivity index (χ0n) is 22.1. The summed E-state index contributed by atoms with van der Waals surface area (Å²) < 4.78 is 33.3. The summed E-state index contributed by atoms with van der Waals surface area (Å²) in [4.78, 5) is 24.9. The number of anilines is 1. The number of nitrogens with zero attached hydrogens (tertiary/aromatic N) is 2. The summed E-state index contributed by atoms with van der Waals surface area (Å²) in [7, 11) is -4.14. The van der Waals surface area contributed by atoms with E-state index < -0.39 is 22.5 Å². The van der Waals surface area contributed by atoms with Crippen LogP contribution >= 0.6 is 23.2 Å². The third-order valence-corrected chi connectivity index (χ3v) is 8.73. The maximum Gasteiger partial charge on any atom is 0.264 e. The number of hydrazone groups is 1. The van der Waals surface area contributed by atoms with E-state index >= 15 is 0 Å². The first-order valence-corrected chi connectivity index (χ1v) is 15.3. The largest absolute Gasteiger partial charge is 0.484 e. The van der Waals surface area contributed by atoms with Crippen LogP contribution in [-0.4, -0.2) is 45.6 Å². The minimum absolute atomic E-state index is 0.00362. The van der Waals surface area contributed by atoms with Gasteiger partial charge in [-0.2, -0.15) is 5.10 Å². The molecule has 9 nitrogen and oxygen atoms in total. The summed E-state index contributed by atoms with van der Waals surface area (Å²) in [6, 6.07) is 19.1. The van der Waals surface area contributed by atoms with Crippen LogP contribution in [0.1, 0.15) is 37.7 Å². The fraction of sp³-hybridized carbons (Fsp3) is 0.276. The van der Waals surface area contributed by atoms with Crippen molar-refractivity contribution in [3.05, 3.63) is 88.4 Å². The smallest absolute Gasteiger partial charge is 0.264 e. The molecular formula is C29H30Cl2N4O5S. The maximum absolute atomic E-state index is 13.4.